The van der Waals surface area contributed by atoms with Crippen LogP contribution in [0.1, 0.15) is 78.6 Å². The quantitative estimate of drug-likeness (QED) is 0.315. The number of rotatable bonds is 12. The molecule has 0 aromatic rings. The number of hydrogen-bond acceptors (Lipinski definition) is 0. The van der Waals surface area contributed by atoms with Gasteiger partial charge in [0.25, 0.3) is 0 Å². The van der Waals surface area contributed by atoms with Gasteiger partial charge in [-0.15, -0.1) is 0 Å². The summed E-state index contributed by atoms with van der Waals surface area (Å²) in [5.74, 6) is 0. The van der Waals surface area contributed by atoms with Gasteiger partial charge < -0.3 is 0 Å². The molecular weight excluding hydrogens is 363 g/mol. The number of hydrogen-bond donors (Lipinski definition) is 0. The normalized spacial score (nSPS) is 13.3. The molecule has 0 nitrogen and oxygen atoms in total. The molecule has 0 N–H and O–H groups in total. The Kier molecular flexibility index (Phi) is 11.8. The second-order valence-corrected chi connectivity index (χ2v) is 17.3. The van der Waals surface area contributed by atoms with E-state index in [0.29, 0.717) is 0 Å². The Bertz CT molecular complexity index is 231. The summed E-state index contributed by atoms with van der Waals surface area (Å²) in [5.41, 5.74) is 2.64. The summed E-state index contributed by atoms with van der Waals surface area (Å²) < 4.78 is 3.50. The zero-order valence-electron chi connectivity index (χ0n) is 15.0. The van der Waals surface area contributed by atoms with E-state index < -0.39 is 8.07 Å². The third-order valence-corrected chi connectivity index (χ3v) is 11.0. The van der Waals surface area contributed by atoms with Crippen LogP contribution in [0.2, 0.25) is 23.1 Å². The van der Waals surface area contributed by atoms with E-state index in [1.807, 2.05) is 0 Å². The fraction of sp³-hybridized carbons (Fsp3) is 0.889. The first-order valence-corrected chi connectivity index (χ1v) is 15.5. The first-order valence-electron chi connectivity index (χ1n) is 8.84. The molecule has 0 spiro atoms. The Morgan fingerprint density at radius 2 is 1.20 bits per heavy atom. The van der Waals surface area contributed by atoms with Crippen molar-refractivity contribution in [3.05, 3.63) is 9.79 Å². The molecule has 0 aromatic carbocycles. The fourth-order valence-corrected chi connectivity index (χ4v) is 11.9. The van der Waals surface area contributed by atoms with Crippen LogP contribution in [0.5, 0.6) is 0 Å². The molecule has 2 radical (unpaired) electrons. The Morgan fingerprint density at radius 3 is 1.50 bits per heavy atom. The van der Waals surface area contributed by atoms with Gasteiger partial charge in [-0.25, -0.2) is 0 Å². The van der Waals surface area contributed by atoms with E-state index in [9.17, 15) is 0 Å². The molecule has 2 heteroatoms. The van der Waals surface area contributed by atoms with E-state index in [1.165, 1.54) is 57.8 Å². The summed E-state index contributed by atoms with van der Waals surface area (Å²) in [5, 5.41) is 0. The molecule has 20 heavy (non-hydrogen) atoms. The Hall–Kier alpha value is 0.756. The van der Waals surface area contributed by atoms with E-state index in [4.69, 9.17) is 0 Å². The van der Waals surface area contributed by atoms with Gasteiger partial charge in [-0.1, -0.05) is 0 Å². The van der Waals surface area contributed by atoms with E-state index in [-0.39, 0.29) is 21.1 Å². The van der Waals surface area contributed by atoms with Crippen molar-refractivity contribution in [3.8, 4) is 0 Å². The summed E-state index contributed by atoms with van der Waals surface area (Å²) in [6, 6.07) is 0. The average Bonchev–Trinajstić information content (AvgIpc) is 2.38. The molecule has 0 aliphatic carbocycles. The maximum absolute atomic E-state index is 2.72. The van der Waals surface area contributed by atoms with E-state index in [1.54, 1.807) is 0 Å². The van der Waals surface area contributed by atoms with Gasteiger partial charge in [0.2, 0.25) is 0 Å². The first kappa shape index (κ1) is 20.8. The third kappa shape index (κ3) is 10.5. The Balaban J connectivity index is 4.78. The van der Waals surface area contributed by atoms with Crippen molar-refractivity contribution in [2.45, 2.75) is 102 Å². The second-order valence-electron chi connectivity index (χ2n) is 7.43. The van der Waals surface area contributed by atoms with Crippen LogP contribution in [0.4, 0.5) is 0 Å². The third-order valence-electron chi connectivity index (χ3n) is 4.00. The van der Waals surface area contributed by atoms with Crippen LogP contribution < -0.4 is 0 Å². The molecule has 0 saturated heterocycles. The summed E-state index contributed by atoms with van der Waals surface area (Å²) in [6.45, 7) is 14.5. The standard InChI is InChI=1S/C13H27.C5H11Si.Sn/c1-4-7-10-13(11-8-5-2)12-9-6-3;1-5-6(2,3)4;/h4-12H2,1-3H3;1,5H,2-4H3;. The van der Waals surface area contributed by atoms with E-state index >= 15 is 0 Å². The molecule has 0 unspecified atom stereocenters. The van der Waals surface area contributed by atoms with Crippen LogP contribution >= 0.6 is 0 Å². The molecule has 0 rings (SSSR count). The molecule has 118 valence electrons. The van der Waals surface area contributed by atoms with Gasteiger partial charge in [0.1, 0.15) is 0 Å². The van der Waals surface area contributed by atoms with Crippen LogP contribution in [0.15, 0.2) is 9.79 Å². The van der Waals surface area contributed by atoms with Crippen molar-refractivity contribution in [1.29, 1.82) is 0 Å². The molecule has 0 aliphatic heterocycles. The Labute approximate surface area is 140 Å². The molecule has 0 aromatic heterocycles. The SMILES string of the molecule is CCCC[C](CCCC)(CCCC)[Sn]/[CH]=C/[Si](C)(C)C. The Morgan fingerprint density at radius 1 is 0.800 bits per heavy atom. The predicted molar refractivity (Wildman–Crippen MR) is 99.5 cm³/mol. The molecule has 0 saturated carbocycles. The van der Waals surface area contributed by atoms with Gasteiger partial charge in [0, 0.05) is 0 Å². The molecule has 0 atom stereocenters. The predicted octanol–water partition coefficient (Wildman–Crippen LogP) is 6.81. The van der Waals surface area contributed by atoms with Crippen molar-refractivity contribution < 1.29 is 0 Å². The molecule has 0 bridgehead atoms. The van der Waals surface area contributed by atoms with Crippen LogP contribution in [0.3, 0.4) is 0 Å². The topological polar surface area (TPSA) is 0 Å². The van der Waals surface area contributed by atoms with Crippen LogP contribution in [-0.4, -0.2) is 29.2 Å². The minimum absolute atomic E-state index is 0.381. The molecule has 0 aliphatic rings. The van der Waals surface area contributed by atoms with Crippen molar-refractivity contribution in [2.75, 3.05) is 0 Å². The molecular formula is C18H38SiSn. The van der Waals surface area contributed by atoms with Gasteiger partial charge in [0.05, 0.1) is 0 Å². The minimum atomic E-state index is -0.989. The van der Waals surface area contributed by atoms with Gasteiger partial charge in [-0.3, -0.25) is 0 Å². The number of unbranched alkanes of at least 4 members (excludes halogenated alkanes) is 3. The van der Waals surface area contributed by atoms with Crippen molar-refractivity contribution in [1.82, 2.24) is 0 Å². The summed E-state index contributed by atoms with van der Waals surface area (Å²) >= 11 is -0.381. The second kappa shape index (κ2) is 11.3. The average molecular weight is 401 g/mol. The fourth-order valence-electron chi connectivity index (χ4n) is 2.61. The first-order chi connectivity index (χ1) is 9.39. The van der Waals surface area contributed by atoms with Gasteiger partial charge in [-0.05, 0) is 0 Å². The van der Waals surface area contributed by atoms with Crippen LogP contribution in [-0.2, 0) is 0 Å². The zero-order chi connectivity index (χ0) is 15.5. The van der Waals surface area contributed by atoms with Crippen LogP contribution in [0, 0.1) is 0 Å². The maximum atomic E-state index is 2.72. The van der Waals surface area contributed by atoms with E-state index in [2.05, 4.69) is 50.2 Å². The monoisotopic (exact) mass is 402 g/mol. The van der Waals surface area contributed by atoms with Crippen molar-refractivity contribution in [2.24, 2.45) is 0 Å². The summed E-state index contributed by atoms with van der Waals surface area (Å²) in [4.78, 5) is 0. The zero-order valence-corrected chi connectivity index (χ0v) is 18.9. The van der Waals surface area contributed by atoms with Crippen molar-refractivity contribution >= 4 is 29.2 Å². The van der Waals surface area contributed by atoms with Crippen LogP contribution in [0.25, 0.3) is 0 Å². The summed E-state index contributed by atoms with van der Waals surface area (Å²) in [7, 11) is -0.989. The van der Waals surface area contributed by atoms with Gasteiger partial charge in [-0.2, -0.15) is 0 Å². The molecule has 0 fully saturated rings. The van der Waals surface area contributed by atoms with Gasteiger partial charge in [0.15, 0.2) is 0 Å². The summed E-state index contributed by atoms with van der Waals surface area (Å²) in [6.07, 6.45) is 13.0. The molecule has 0 heterocycles. The molecule has 0 amide bonds. The van der Waals surface area contributed by atoms with Crippen molar-refractivity contribution in [3.63, 3.8) is 0 Å². The van der Waals surface area contributed by atoms with Gasteiger partial charge >= 0.3 is 141 Å². The van der Waals surface area contributed by atoms with E-state index in [0.717, 1.165) is 3.43 Å².